The van der Waals surface area contributed by atoms with Gasteiger partial charge >= 0.3 is 0 Å². The highest BCUT2D eigenvalue weighted by Gasteiger charge is 2.19. The van der Waals surface area contributed by atoms with Gasteiger partial charge in [-0.2, -0.15) is 0 Å². The van der Waals surface area contributed by atoms with Crippen LogP contribution in [-0.2, 0) is 4.79 Å². The van der Waals surface area contributed by atoms with Crippen LogP contribution in [-0.4, -0.2) is 11.8 Å². The number of ketones is 1. The van der Waals surface area contributed by atoms with Crippen LogP contribution in [0.5, 0.6) is 0 Å². The van der Waals surface area contributed by atoms with Crippen LogP contribution in [0, 0.1) is 11.8 Å². The fourth-order valence-corrected chi connectivity index (χ4v) is 0.713. The third kappa shape index (κ3) is 4.38. The highest BCUT2D eigenvalue weighted by atomic mass is 35.5. The van der Waals surface area contributed by atoms with Gasteiger partial charge in [-0.05, 0) is 5.92 Å². The van der Waals surface area contributed by atoms with Crippen LogP contribution >= 0.6 is 12.4 Å². The molecule has 0 aliphatic heterocycles. The number of hydrogen-bond acceptors (Lipinski definition) is 2. The fourth-order valence-electron chi connectivity index (χ4n) is 0.713. The minimum atomic E-state index is -0.278. The molecule has 2 N–H and O–H groups in total. The van der Waals surface area contributed by atoms with Gasteiger partial charge in [0.1, 0.15) is 0 Å². The largest absolute Gasteiger partial charge is 0.321 e. The van der Waals surface area contributed by atoms with Gasteiger partial charge in [-0.15, -0.1) is 12.4 Å². The van der Waals surface area contributed by atoms with Crippen molar-refractivity contribution in [2.24, 2.45) is 17.6 Å². The van der Waals surface area contributed by atoms with Crippen molar-refractivity contribution in [2.45, 2.75) is 33.7 Å². The zero-order chi connectivity index (χ0) is 8.31. The Morgan fingerprint density at radius 2 is 1.55 bits per heavy atom. The number of rotatable bonds is 3. The second-order valence-electron chi connectivity index (χ2n) is 3.33. The molecule has 3 heteroatoms. The average molecular weight is 180 g/mol. The fraction of sp³-hybridized carbons (Fsp3) is 0.875. The first-order valence-electron chi connectivity index (χ1n) is 3.76. The molecule has 0 unspecified atom stereocenters. The Morgan fingerprint density at radius 3 is 1.64 bits per heavy atom. The molecule has 0 aromatic carbocycles. The predicted octanol–water partition coefficient (Wildman–Crippen LogP) is 1.62. The zero-order valence-electron chi connectivity index (χ0n) is 7.63. The van der Waals surface area contributed by atoms with Gasteiger partial charge in [0, 0.05) is 5.92 Å². The lowest BCUT2D eigenvalue weighted by atomic mass is 9.94. The average Bonchev–Trinajstić information content (AvgIpc) is 1.84. The molecule has 0 radical (unpaired) electrons. The van der Waals surface area contributed by atoms with E-state index >= 15 is 0 Å². The van der Waals surface area contributed by atoms with Crippen LogP contribution in [0.25, 0.3) is 0 Å². The standard InChI is InChI=1S/C8H17NO.ClH/c1-5(2)7(9)8(10)6(3)4;/h5-7H,9H2,1-4H3;1H/t7-;/m0./s1. The van der Waals surface area contributed by atoms with E-state index in [9.17, 15) is 4.79 Å². The maximum Gasteiger partial charge on any atom is 0.152 e. The molecule has 0 amide bonds. The summed E-state index contributed by atoms with van der Waals surface area (Å²) in [6, 6.07) is -0.278. The van der Waals surface area contributed by atoms with Crippen molar-refractivity contribution in [1.29, 1.82) is 0 Å². The van der Waals surface area contributed by atoms with Crippen LogP contribution in [0.3, 0.4) is 0 Å². The molecule has 0 aromatic rings. The van der Waals surface area contributed by atoms with E-state index in [-0.39, 0.29) is 36.1 Å². The van der Waals surface area contributed by atoms with E-state index in [4.69, 9.17) is 5.73 Å². The SMILES string of the molecule is CC(C)C(=O)[C@@H](N)C(C)C.Cl. The smallest absolute Gasteiger partial charge is 0.152 e. The number of nitrogens with two attached hydrogens (primary N) is 1. The van der Waals surface area contributed by atoms with Gasteiger partial charge in [-0.1, -0.05) is 27.7 Å². The van der Waals surface area contributed by atoms with Crippen molar-refractivity contribution >= 4 is 18.2 Å². The Balaban J connectivity index is 0. The number of carbonyl (C=O) groups excluding carboxylic acids is 1. The van der Waals surface area contributed by atoms with E-state index in [1.54, 1.807) is 0 Å². The minimum absolute atomic E-state index is 0. The van der Waals surface area contributed by atoms with Crippen molar-refractivity contribution in [1.82, 2.24) is 0 Å². The number of hydrogen-bond donors (Lipinski definition) is 1. The van der Waals surface area contributed by atoms with Gasteiger partial charge in [0.2, 0.25) is 0 Å². The summed E-state index contributed by atoms with van der Waals surface area (Å²) in [5, 5.41) is 0. The Morgan fingerprint density at radius 1 is 1.18 bits per heavy atom. The monoisotopic (exact) mass is 179 g/mol. The van der Waals surface area contributed by atoms with Crippen LogP contribution < -0.4 is 5.73 Å². The molecular weight excluding hydrogens is 162 g/mol. The van der Waals surface area contributed by atoms with Crippen LogP contribution in [0.1, 0.15) is 27.7 Å². The lowest BCUT2D eigenvalue weighted by molar-refractivity contribution is -0.124. The van der Waals surface area contributed by atoms with Crippen molar-refractivity contribution in [3.05, 3.63) is 0 Å². The molecule has 0 spiro atoms. The second kappa shape index (κ2) is 5.56. The summed E-state index contributed by atoms with van der Waals surface area (Å²) in [6.45, 7) is 7.69. The highest BCUT2D eigenvalue weighted by Crippen LogP contribution is 2.05. The van der Waals surface area contributed by atoms with Gasteiger partial charge in [0.05, 0.1) is 6.04 Å². The third-order valence-electron chi connectivity index (χ3n) is 1.62. The molecule has 68 valence electrons. The normalized spacial score (nSPS) is 13.0. The highest BCUT2D eigenvalue weighted by molar-refractivity contribution is 5.85. The summed E-state index contributed by atoms with van der Waals surface area (Å²) in [6.07, 6.45) is 0. The summed E-state index contributed by atoms with van der Waals surface area (Å²) in [7, 11) is 0. The Bertz CT molecular complexity index is 123. The quantitative estimate of drug-likeness (QED) is 0.716. The zero-order valence-corrected chi connectivity index (χ0v) is 8.44. The van der Waals surface area contributed by atoms with Crippen LogP contribution in [0.4, 0.5) is 0 Å². The van der Waals surface area contributed by atoms with Gasteiger partial charge in [-0.3, -0.25) is 4.79 Å². The van der Waals surface area contributed by atoms with E-state index in [0.717, 1.165) is 0 Å². The van der Waals surface area contributed by atoms with Gasteiger partial charge < -0.3 is 5.73 Å². The van der Waals surface area contributed by atoms with Crippen molar-refractivity contribution in [2.75, 3.05) is 0 Å². The molecule has 0 aliphatic carbocycles. The first kappa shape index (κ1) is 13.5. The predicted molar refractivity (Wildman–Crippen MR) is 49.9 cm³/mol. The van der Waals surface area contributed by atoms with E-state index in [0.29, 0.717) is 0 Å². The molecule has 2 nitrogen and oxygen atoms in total. The van der Waals surface area contributed by atoms with Crippen LogP contribution in [0.2, 0.25) is 0 Å². The lowest BCUT2D eigenvalue weighted by Crippen LogP contribution is -2.38. The Hall–Kier alpha value is -0.0800. The van der Waals surface area contributed by atoms with Crippen LogP contribution in [0.15, 0.2) is 0 Å². The summed E-state index contributed by atoms with van der Waals surface area (Å²) in [5.74, 6) is 0.488. The van der Waals surface area contributed by atoms with E-state index < -0.39 is 0 Å². The maximum atomic E-state index is 11.2. The van der Waals surface area contributed by atoms with Crippen molar-refractivity contribution < 1.29 is 4.79 Å². The summed E-state index contributed by atoms with van der Waals surface area (Å²) in [5.41, 5.74) is 5.61. The van der Waals surface area contributed by atoms with Gasteiger partial charge in [0.15, 0.2) is 5.78 Å². The summed E-state index contributed by atoms with van der Waals surface area (Å²) < 4.78 is 0. The third-order valence-corrected chi connectivity index (χ3v) is 1.62. The molecule has 0 fully saturated rings. The Labute approximate surface area is 74.9 Å². The topological polar surface area (TPSA) is 43.1 Å². The number of Topliss-reactive ketones (excluding diaryl/α,β-unsaturated/α-hetero) is 1. The van der Waals surface area contributed by atoms with E-state index in [1.165, 1.54) is 0 Å². The lowest BCUT2D eigenvalue weighted by Gasteiger charge is -2.15. The second-order valence-corrected chi connectivity index (χ2v) is 3.33. The molecule has 1 atom stereocenters. The molecular formula is C8H18ClNO. The van der Waals surface area contributed by atoms with Crippen molar-refractivity contribution in [3.63, 3.8) is 0 Å². The summed E-state index contributed by atoms with van der Waals surface area (Å²) in [4.78, 5) is 11.2. The minimum Gasteiger partial charge on any atom is -0.321 e. The molecule has 0 rings (SSSR count). The molecule has 0 bridgehead atoms. The molecule has 0 saturated carbocycles. The summed E-state index contributed by atoms with van der Waals surface area (Å²) >= 11 is 0. The molecule has 0 saturated heterocycles. The van der Waals surface area contributed by atoms with Crippen molar-refractivity contribution in [3.8, 4) is 0 Å². The van der Waals surface area contributed by atoms with Gasteiger partial charge in [-0.25, -0.2) is 0 Å². The first-order chi connectivity index (χ1) is 4.46. The number of halogens is 1. The van der Waals surface area contributed by atoms with E-state index in [2.05, 4.69) is 0 Å². The number of carbonyl (C=O) groups is 1. The molecule has 11 heavy (non-hydrogen) atoms. The van der Waals surface area contributed by atoms with E-state index in [1.807, 2.05) is 27.7 Å². The Kier molecular flexibility index (Phi) is 6.82. The van der Waals surface area contributed by atoms with Gasteiger partial charge in [0.25, 0.3) is 0 Å². The molecule has 0 aliphatic rings. The first-order valence-corrected chi connectivity index (χ1v) is 3.76. The maximum absolute atomic E-state index is 11.2. The molecule has 0 heterocycles. The molecule has 0 aromatic heterocycles.